The van der Waals surface area contributed by atoms with Crippen LogP contribution in [0, 0.1) is 25.7 Å². The number of rotatable bonds is 5. The Morgan fingerprint density at radius 1 is 1.46 bits per heavy atom. The molecule has 2 bridgehead atoms. The van der Waals surface area contributed by atoms with Crippen molar-refractivity contribution >= 4 is 5.91 Å². The Kier molecular flexibility index (Phi) is 3.92. The third-order valence-electron chi connectivity index (χ3n) is 6.15. The van der Waals surface area contributed by atoms with Crippen molar-refractivity contribution in [3.63, 3.8) is 0 Å². The zero-order valence-corrected chi connectivity index (χ0v) is 14.8. The van der Waals surface area contributed by atoms with Gasteiger partial charge >= 0.3 is 0 Å². The van der Waals surface area contributed by atoms with E-state index >= 15 is 0 Å². The van der Waals surface area contributed by atoms with E-state index in [1.165, 1.54) is 12.8 Å². The molecule has 1 aromatic rings. The molecule has 4 rings (SSSR count). The van der Waals surface area contributed by atoms with Gasteiger partial charge in [0.2, 0.25) is 0 Å². The summed E-state index contributed by atoms with van der Waals surface area (Å²) in [6, 6.07) is 0. The third-order valence-corrected chi connectivity index (χ3v) is 6.15. The van der Waals surface area contributed by atoms with Crippen molar-refractivity contribution in [1.82, 2.24) is 15.4 Å². The van der Waals surface area contributed by atoms with Crippen LogP contribution >= 0.6 is 0 Å². The van der Waals surface area contributed by atoms with Gasteiger partial charge in [0.25, 0.3) is 5.91 Å². The fraction of sp³-hybridized carbons (Fsp3) is 0.778. The first kappa shape index (κ1) is 16.1. The number of nitrogens with one attached hydrogen (secondary N) is 1. The molecule has 1 amide bonds. The Hall–Kier alpha value is -1.40. The second-order valence-electron chi connectivity index (χ2n) is 7.67. The molecule has 6 nitrogen and oxygen atoms in total. The molecule has 0 saturated carbocycles. The van der Waals surface area contributed by atoms with E-state index in [0.29, 0.717) is 41.5 Å². The summed E-state index contributed by atoms with van der Waals surface area (Å²) < 4.78 is 11.5. The second kappa shape index (κ2) is 5.85. The van der Waals surface area contributed by atoms with Gasteiger partial charge in [-0.25, -0.2) is 0 Å². The predicted molar refractivity (Wildman–Crippen MR) is 88.9 cm³/mol. The lowest BCUT2D eigenvalue weighted by Gasteiger charge is -2.29. The van der Waals surface area contributed by atoms with Gasteiger partial charge in [-0.1, -0.05) is 12.1 Å². The van der Waals surface area contributed by atoms with Crippen LogP contribution in [-0.4, -0.2) is 53.8 Å². The molecule has 3 saturated heterocycles. The average Bonchev–Trinajstić information content (AvgIpc) is 3.25. The van der Waals surface area contributed by atoms with Crippen LogP contribution < -0.4 is 5.32 Å². The number of aromatic nitrogens is 1. The summed E-state index contributed by atoms with van der Waals surface area (Å²) in [5.74, 6) is 1.48. The van der Waals surface area contributed by atoms with E-state index < -0.39 is 0 Å². The number of amides is 1. The van der Waals surface area contributed by atoms with Crippen molar-refractivity contribution in [3.05, 3.63) is 17.0 Å². The molecule has 4 atom stereocenters. The van der Waals surface area contributed by atoms with Gasteiger partial charge < -0.3 is 19.5 Å². The standard InChI is InChI=1S/C18H27N3O3/c1-4-7-21-9-14-13(15-5-6-18(14,10-21)23-15)8-19-17(22)16-11(2)20-24-12(16)3/h13-15H,4-10H2,1-3H3,(H,19,22)/t13-,14+,15+,18+/m0/s1. The lowest BCUT2D eigenvalue weighted by Crippen LogP contribution is -2.42. The van der Waals surface area contributed by atoms with Crippen molar-refractivity contribution in [3.8, 4) is 0 Å². The van der Waals surface area contributed by atoms with Gasteiger partial charge in [-0.05, 0) is 39.7 Å². The summed E-state index contributed by atoms with van der Waals surface area (Å²) in [5.41, 5.74) is 1.28. The van der Waals surface area contributed by atoms with Crippen molar-refractivity contribution in [1.29, 1.82) is 0 Å². The molecule has 3 fully saturated rings. The van der Waals surface area contributed by atoms with E-state index in [0.717, 1.165) is 26.1 Å². The molecule has 3 aliphatic heterocycles. The van der Waals surface area contributed by atoms with Gasteiger partial charge in [-0.15, -0.1) is 0 Å². The minimum absolute atomic E-state index is 0.0538. The van der Waals surface area contributed by atoms with Crippen molar-refractivity contribution < 1.29 is 14.1 Å². The number of fused-ring (bicyclic) bond motifs is 1. The van der Waals surface area contributed by atoms with Gasteiger partial charge in [-0.3, -0.25) is 4.79 Å². The highest BCUT2D eigenvalue weighted by molar-refractivity contribution is 5.96. The maximum absolute atomic E-state index is 12.5. The van der Waals surface area contributed by atoms with Gasteiger partial charge in [0.05, 0.1) is 17.4 Å². The molecule has 24 heavy (non-hydrogen) atoms. The van der Waals surface area contributed by atoms with Crippen LogP contribution in [0.1, 0.15) is 48.0 Å². The average molecular weight is 333 g/mol. The van der Waals surface area contributed by atoms with E-state index in [2.05, 4.69) is 22.3 Å². The predicted octanol–water partition coefficient (Wildman–Crippen LogP) is 1.91. The van der Waals surface area contributed by atoms with E-state index in [4.69, 9.17) is 9.26 Å². The zero-order chi connectivity index (χ0) is 16.9. The largest absolute Gasteiger partial charge is 0.370 e. The number of nitrogens with zero attached hydrogens (tertiary/aromatic N) is 2. The summed E-state index contributed by atoms with van der Waals surface area (Å²) >= 11 is 0. The van der Waals surface area contributed by atoms with Crippen LogP contribution in [0.2, 0.25) is 0 Å². The molecule has 132 valence electrons. The monoisotopic (exact) mass is 333 g/mol. The number of carbonyl (C=O) groups is 1. The summed E-state index contributed by atoms with van der Waals surface area (Å²) in [6.45, 7) is 9.81. The SMILES string of the molecule is CCCN1C[C@@H]2[C@H](CNC(=O)c3c(C)noc3C)[C@H]3CC[C@]2(C1)O3. The Bertz CT molecular complexity index is 624. The molecule has 1 N–H and O–H groups in total. The van der Waals surface area contributed by atoms with Crippen LogP contribution in [0.4, 0.5) is 0 Å². The molecule has 0 aromatic carbocycles. The molecule has 0 aliphatic carbocycles. The number of hydrogen-bond donors (Lipinski definition) is 1. The number of ether oxygens (including phenoxy) is 1. The molecular formula is C18H27N3O3. The summed E-state index contributed by atoms with van der Waals surface area (Å²) in [4.78, 5) is 15.0. The molecule has 3 aliphatic rings. The van der Waals surface area contributed by atoms with Crippen LogP contribution in [0.15, 0.2) is 4.52 Å². The molecule has 0 radical (unpaired) electrons. The van der Waals surface area contributed by atoms with E-state index in [1.54, 1.807) is 13.8 Å². The zero-order valence-electron chi connectivity index (χ0n) is 14.8. The normalized spacial score (nSPS) is 34.7. The Balaban J connectivity index is 1.43. The van der Waals surface area contributed by atoms with Crippen molar-refractivity contribution in [2.45, 2.75) is 51.7 Å². The lowest BCUT2D eigenvalue weighted by molar-refractivity contribution is 0.00279. The highest BCUT2D eigenvalue weighted by Gasteiger charge is 2.62. The first-order valence-corrected chi connectivity index (χ1v) is 9.15. The Morgan fingerprint density at radius 2 is 2.29 bits per heavy atom. The fourth-order valence-corrected chi connectivity index (χ4v) is 5.15. The minimum Gasteiger partial charge on any atom is -0.370 e. The Morgan fingerprint density at radius 3 is 3.00 bits per heavy atom. The first-order chi connectivity index (χ1) is 11.5. The van der Waals surface area contributed by atoms with E-state index in [9.17, 15) is 4.79 Å². The van der Waals surface area contributed by atoms with Crippen molar-refractivity contribution in [2.24, 2.45) is 11.8 Å². The van der Waals surface area contributed by atoms with Gasteiger partial charge in [-0.2, -0.15) is 0 Å². The van der Waals surface area contributed by atoms with Crippen LogP contribution in [0.5, 0.6) is 0 Å². The topological polar surface area (TPSA) is 67.6 Å². The molecule has 0 unspecified atom stereocenters. The molecule has 4 heterocycles. The van der Waals surface area contributed by atoms with Crippen LogP contribution in [0.3, 0.4) is 0 Å². The maximum Gasteiger partial charge on any atom is 0.256 e. The molecule has 1 aromatic heterocycles. The third kappa shape index (κ3) is 2.39. The quantitative estimate of drug-likeness (QED) is 0.891. The van der Waals surface area contributed by atoms with E-state index in [-0.39, 0.29) is 11.5 Å². The minimum atomic E-state index is -0.0773. The number of carbonyl (C=O) groups excluding carboxylic acids is 1. The highest BCUT2D eigenvalue weighted by atomic mass is 16.5. The van der Waals surface area contributed by atoms with E-state index in [1.807, 2.05) is 0 Å². The fourth-order valence-electron chi connectivity index (χ4n) is 5.15. The van der Waals surface area contributed by atoms with Gasteiger partial charge in [0.15, 0.2) is 0 Å². The molecule has 6 heteroatoms. The summed E-state index contributed by atoms with van der Waals surface area (Å²) in [6.07, 6.45) is 3.79. The van der Waals surface area contributed by atoms with Crippen LogP contribution in [-0.2, 0) is 4.74 Å². The Labute approximate surface area is 142 Å². The first-order valence-electron chi connectivity index (χ1n) is 9.15. The number of aryl methyl sites for hydroxylation is 2. The number of likely N-dealkylation sites (tertiary alicyclic amines) is 1. The summed E-state index contributed by atoms with van der Waals surface area (Å²) in [5, 5.41) is 6.98. The molecule has 1 spiro atoms. The number of hydrogen-bond acceptors (Lipinski definition) is 5. The van der Waals surface area contributed by atoms with Crippen LogP contribution in [0.25, 0.3) is 0 Å². The van der Waals surface area contributed by atoms with Gasteiger partial charge in [0, 0.05) is 31.5 Å². The second-order valence-corrected chi connectivity index (χ2v) is 7.67. The highest BCUT2D eigenvalue weighted by Crippen LogP contribution is 2.54. The smallest absolute Gasteiger partial charge is 0.256 e. The maximum atomic E-state index is 12.5. The van der Waals surface area contributed by atoms with Crippen molar-refractivity contribution in [2.75, 3.05) is 26.2 Å². The lowest BCUT2D eigenvalue weighted by atomic mass is 9.73. The summed E-state index contributed by atoms with van der Waals surface area (Å²) in [7, 11) is 0. The molecular weight excluding hydrogens is 306 g/mol. The van der Waals surface area contributed by atoms with Gasteiger partial charge in [0.1, 0.15) is 11.3 Å².